The standard InChI is InChI=1S/C14H17IN2O/c1-16-8-10-17(11-9-16)14(18)7-6-12-4-2-3-5-13(12)15/h2-7H,8-11H2,1H3/b7-6+. The van der Waals surface area contributed by atoms with Crippen molar-refractivity contribution in [2.75, 3.05) is 33.2 Å². The molecule has 1 aliphatic rings. The van der Waals surface area contributed by atoms with Crippen molar-refractivity contribution >= 4 is 34.6 Å². The second-order valence-corrected chi connectivity index (χ2v) is 5.65. The fourth-order valence-electron chi connectivity index (χ4n) is 1.90. The van der Waals surface area contributed by atoms with Gasteiger partial charge in [-0.3, -0.25) is 4.79 Å². The highest BCUT2D eigenvalue weighted by molar-refractivity contribution is 14.1. The van der Waals surface area contributed by atoms with Gasteiger partial charge in [-0.25, -0.2) is 0 Å². The fourth-order valence-corrected chi connectivity index (χ4v) is 2.47. The van der Waals surface area contributed by atoms with Crippen LogP contribution in [0, 0.1) is 3.57 Å². The molecule has 0 N–H and O–H groups in total. The Morgan fingerprint density at radius 3 is 2.56 bits per heavy atom. The highest BCUT2D eigenvalue weighted by atomic mass is 127. The van der Waals surface area contributed by atoms with Crippen molar-refractivity contribution < 1.29 is 4.79 Å². The Balaban J connectivity index is 1.97. The fraction of sp³-hybridized carbons (Fsp3) is 0.357. The Kier molecular flexibility index (Phi) is 4.77. The normalized spacial score (nSPS) is 17.3. The van der Waals surface area contributed by atoms with Crippen LogP contribution in [0.4, 0.5) is 0 Å². The molecule has 0 atom stereocenters. The molecular weight excluding hydrogens is 339 g/mol. The largest absolute Gasteiger partial charge is 0.337 e. The number of hydrogen-bond donors (Lipinski definition) is 0. The number of benzene rings is 1. The molecule has 0 bridgehead atoms. The SMILES string of the molecule is CN1CCN(C(=O)/C=C/c2ccccc2I)CC1. The van der Waals surface area contributed by atoms with Gasteiger partial charge in [0.25, 0.3) is 0 Å². The third kappa shape index (κ3) is 3.55. The van der Waals surface area contributed by atoms with Crippen LogP contribution in [0.1, 0.15) is 5.56 Å². The van der Waals surface area contributed by atoms with Crippen molar-refractivity contribution in [2.45, 2.75) is 0 Å². The monoisotopic (exact) mass is 356 g/mol. The molecule has 0 unspecified atom stereocenters. The van der Waals surface area contributed by atoms with E-state index in [0.717, 1.165) is 35.3 Å². The zero-order valence-electron chi connectivity index (χ0n) is 10.5. The van der Waals surface area contributed by atoms with E-state index < -0.39 is 0 Å². The predicted molar refractivity (Wildman–Crippen MR) is 82.3 cm³/mol. The Morgan fingerprint density at radius 2 is 1.89 bits per heavy atom. The molecule has 18 heavy (non-hydrogen) atoms. The third-order valence-electron chi connectivity index (χ3n) is 3.13. The maximum Gasteiger partial charge on any atom is 0.246 e. The lowest BCUT2D eigenvalue weighted by molar-refractivity contribution is -0.127. The summed E-state index contributed by atoms with van der Waals surface area (Å²) >= 11 is 2.28. The van der Waals surface area contributed by atoms with Crippen molar-refractivity contribution in [3.05, 3.63) is 39.5 Å². The van der Waals surface area contributed by atoms with Gasteiger partial charge in [-0.2, -0.15) is 0 Å². The van der Waals surface area contributed by atoms with Crippen LogP contribution in [-0.2, 0) is 4.79 Å². The van der Waals surface area contributed by atoms with Gasteiger partial charge in [0.15, 0.2) is 0 Å². The van der Waals surface area contributed by atoms with E-state index in [4.69, 9.17) is 0 Å². The van der Waals surface area contributed by atoms with Gasteiger partial charge >= 0.3 is 0 Å². The van der Waals surface area contributed by atoms with Gasteiger partial charge < -0.3 is 9.80 Å². The minimum absolute atomic E-state index is 0.114. The Labute approximate surface area is 122 Å². The second-order valence-electron chi connectivity index (χ2n) is 4.48. The first kappa shape index (κ1) is 13.5. The molecule has 1 saturated heterocycles. The zero-order valence-corrected chi connectivity index (χ0v) is 12.6. The molecule has 0 saturated carbocycles. The number of carbonyl (C=O) groups is 1. The Bertz CT molecular complexity index is 451. The zero-order chi connectivity index (χ0) is 13.0. The topological polar surface area (TPSA) is 23.6 Å². The van der Waals surface area contributed by atoms with Crippen LogP contribution in [0.5, 0.6) is 0 Å². The quantitative estimate of drug-likeness (QED) is 0.599. The van der Waals surface area contributed by atoms with Crippen molar-refractivity contribution in [2.24, 2.45) is 0 Å². The van der Waals surface area contributed by atoms with Gasteiger partial charge in [0, 0.05) is 35.8 Å². The molecule has 0 aromatic heterocycles. The summed E-state index contributed by atoms with van der Waals surface area (Å²) in [6, 6.07) is 8.06. The molecule has 1 aromatic carbocycles. The van der Waals surface area contributed by atoms with E-state index in [2.05, 4.69) is 34.5 Å². The summed E-state index contributed by atoms with van der Waals surface area (Å²) in [5.41, 5.74) is 1.10. The summed E-state index contributed by atoms with van der Waals surface area (Å²) in [5.74, 6) is 0.114. The maximum atomic E-state index is 12.0. The van der Waals surface area contributed by atoms with Gasteiger partial charge in [-0.15, -0.1) is 0 Å². The molecule has 4 heteroatoms. The first-order valence-corrected chi connectivity index (χ1v) is 7.15. The number of piperazine rings is 1. The minimum atomic E-state index is 0.114. The molecule has 96 valence electrons. The third-order valence-corrected chi connectivity index (χ3v) is 4.11. The van der Waals surface area contributed by atoms with E-state index in [1.807, 2.05) is 35.2 Å². The number of rotatable bonds is 2. The molecule has 1 aromatic rings. The number of nitrogens with zero attached hydrogens (tertiary/aromatic N) is 2. The lowest BCUT2D eigenvalue weighted by atomic mass is 10.2. The van der Waals surface area contributed by atoms with Crippen molar-refractivity contribution in [3.8, 4) is 0 Å². The van der Waals surface area contributed by atoms with Crippen LogP contribution in [0.25, 0.3) is 6.08 Å². The van der Waals surface area contributed by atoms with Gasteiger partial charge in [-0.05, 0) is 47.3 Å². The van der Waals surface area contributed by atoms with Crippen molar-refractivity contribution in [1.82, 2.24) is 9.80 Å². The molecule has 1 aliphatic heterocycles. The average molecular weight is 356 g/mol. The van der Waals surface area contributed by atoms with Crippen LogP contribution in [-0.4, -0.2) is 48.9 Å². The summed E-state index contributed by atoms with van der Waals surface area (Å²) in [5, 5.41) is 0. The predicted octanol–water partition coefficient (Wildman–Crippen LogP) is 2.08. The van der Waals surface area contributed by atoms with Crippen LogP contribution < -0.4 is 0 Å². The van der Waals surface area contributed by atoms with Gasteiger partial charge in [0.2, 0.25) is 5.91 Å². The molecule has 3 nitrogen and oxygen atoms in total. The summed E-state index contributed by atoms with van der Waals surface area (Å²) < 4.78 is 1.16. The number of amides is 1. The number of likely N-dealkylation sites (N-methyl/N-ethyl adjacent to an activating group) is 1. The van der Waals surface area contributed by atoms with E-state index in [1.165, 1.54) is 0 Å². The minimum Gasteiger partial charge on any atom is -0.337 e. The van der Waals surface area contributed by atoms with E-state index in [-0.39, 0.29) is 5.91 Å². The maximum absolute atomic E-state index is 12.0. The van der Waals surface area contributed by atoms with Gasteiger partial charge in [0.05, 0.1) is 0 Å². The summed E-state index contributed by atoms with van der Waals surface area (Å²) in [4.78, 5) is 16.2. The van der Waals surface area contributed by atoms with Crippen LogP contribution in [0.2, 0.25) is 0 Å². The number of hydrogen-bond acceptors (Lipinski definition) is 2. The van der Waals surface area contributed by atoms with Crippen molar-refractivity contribution in [1.29, 1.82) is 0 Å². The first-order valence-electron chi connectivity index (χ1n) is 6.07. The van der Waals surface area contributed by atoms with Crippen molar-refractivity contribution in [3.63, 3.8) is 0 Å². The van der Waals surface area contributed by atoms with E-state index >= 15 is 0 Å². The van der Waals surface area contributed by atoms with E-state index in [1.54, 1.807) is 6.08 Å². The van der Waals surface area contributed by atoms with Gasteiger partial charge in [-0.1, -0.05) is 18.2 Å². The van der Waals surface area contributed by atoms with E-state index in [9.17, 15) is 4.79 Å². The highest BCUT2D eigenvalue weighted by Crippen LogP contribution is 2.13. The number of halogens is 1. The van der Waals surface area contributed by atoms with E-state index in [0.29, 0.717) is 0 Å². The second kappa shape index (κ2) is 6.33. The Morgan fingerprint density at radius 1 is 1.22 bits per heavy atom. The molecule has 0 spiro atoms. The first-order chi connectivity index (χ1) is 8.66. The molecule has 1 fully saturated rings. The molecule has 0 radical (unpaired) electrons. The highest BCUT2D eigenvalue weighted by Gasteiger charge is 2.16. The average Bonchev–Trinajstić information content (AvgIpc) is 2.38. The lowest BCUT2D eigenvalue weighted by Gasteiger charge is -2.31. The summed E-state index contributed by atoms with van der Waals surface area (Å²) in [6.07, 6.45) is 3.59. The molecular formula is C14H17IN2O. The number of carbonyl (C=O) groups excluding carboxylic acids is 1. The molecule has 2 rings (SSSR count). The van der Waals surface area contributed by atoms with Crippen LogP contribution in [0.3, 0.4) is 0 Å². The summed E-state index contributed by atoms with van der Waals surface area (Å²) in [6.45, 7) is 3.57. The van der Waals surface area contributed by atoms with Crippen LogP contribution in [0.15, 0.2) is 30.3 Å². The molecule has 0 aliphatic carbocycles. The van der Waals surface area contributed by atoms with Gasteiger partial charge in [0.1, 0.15) is 0 Å². The smallest absolute Gasteiger partial charge is 0.246 e. The molecule has 1 heterocycles. The van der Waals surface area contributed by atoms with Crippen LogP contribution >= 0.6 is 22.6 Å². The lowest BCUT2D eigenvalue weighted by Crippen LogP contribution is -2.46. The molecule has 1 amide bonds. The summed E-state index contributed by atoms with van der Waals surface area (Å²) in [7, 11) is 2.09. The Hall–Kier alpha value is -0.880.